The van der Waals surface area contributed by atoms with Crippen molar-refractivity contribution in [2.75, 3.05) is 9.80 Å². The van der Waals surface area contributed by atoms with Crippen molar-refractivity contribution in [3.63, 3.8) is 0 Å². The third-order valence-corrected chi connectivity index (χ3v) is 11.9. The number of hydrogen-bond acceptors (Lipinski definition) is 2. The van der Waals surface area contributed by atoms with Crippen molar-refractivity contribution in [1.82, 2.24) is 0 Å². The Hall–Kier alpha value is -6.90. The van der Waals surface area contributed by atoms with E-state index in [9.17, 15) is 0 Å². The number of benzene rings is 8. The van der Waals surface area contributed by atoms with Crippen LogP contribution in [0.5, 0.6) is 0 Å². The summed E-state index contributed by atoms with van der Waals surface area (Å²) >= 11 is 0. The van der Waals surface area contributed by atoms with Gasteiger partial charge < -0.3 is 9.80 Å². The Balaban J connectivity index is 1.01. The van der Waals surface area contributed by atoms with Crippen LogP contribution in [0.3, 0.4) is 0 Å². The van der Waals surface area contributed by atoms with E-state index < -0.39 is 0 Å². The van der Waals surface area contributed by atoms with E-state index in [0.717, 1.165) is 41.3 Å². The molecule has 0 heterocycles. The summed E-state index contributed by atoms with van der Waals surface area (Å²) in [7, 11) is 0. The lowest BCUT2D eigenvalue weighted by atomic mass is 9.80. The smallest absolute Gasteiger partial charge is 0.0540 e. The number of nitrogens with zero attached hydrogens (tertiary/aromatic N) is 2. The van der Waals surface area contributed by atoms with Crippen LogP contribution in [0.25, 0.3) is 38.6 Å². The molecule has 0 radical (unpaired) electrons. The van der Waals surface area contributed by atoms with Crippen LogP contribution in [-0.4, -0.2) is 0 Å². The lowest BCUT2D eigenvalue weighted by molar-refractivity contribution is 0.651. The van der Waals surface area contributed by atoms with E-state index in [1.54, 1.807) is 0 Å². The highest BCUT2D eigenvalue weighted by Gasteiger charge is 2.37. The molecule has 0 aliphatic heterocycles. The van der Waals surface area contributed by atoms with Crippen molar-refractivity contribution in [3.8, 4) is 22.3 Å². The van der Waals surface area contributed by atoms with Gasteiger partial charge in [-0.3, -0.25) is 0 Å². The summed E-state index contributed by atoms with van der Waals surface area (Å²) in [6, 6.07) is 70.6. The molecule has 8 aromatic rings. The minimum atomic E-state index is -0.0415. The van der Waals surface area contributed by atoms with Gasteiger partial charge in [0, 0.05) is 39.2 Å². The van der Waals surface area contributed by atoms with Crippen LogP contribution in [-0.2, 0) is 5.41 Å². The fraction of sp³-hybridized carbons (Fsp3) is 0.0909. The van der Waals surface area contributed by atoms with Crippen LogP contribution in [0.15, 0.2) is 212 Å². The molecule has 2 aliphatic rings. The Morgan fingerprint density at radius 1 is 0.439 bits per heavy atom. The number of anilines is 6. The maximum atomic E-state index is 2.44. The van der Waals surface area contributed by atoms with Gasteiger partial charge in [-0.05, 0) is 129 Å². The van der Waals surface area contributed by atoms with Crippen LogP contribution in [0.2, 0.25) is 0 Å². The summed E-state index contributed by atoms with van der Waals surface area (Å²) in [6.07, 6.45) is 6.93. The predicted octanol–water partition coefficient (Wildman–Crippen LogP) is 15.5. The fourth-order valence-corrected chi connectivity index (χ4v) is 9.02. The first-order valence-corrected chi connectivity index (χ1v) is 20.1. The standard InChI is InChI=1S/C55H44N2/c1-55(2)52-22-12-11-21-50(52)51-37-36-48(38-53(51)55)56(45-30-24-40(25-31-45)39-14-5-3-6-15-39)46-32-26-41(27-33-46)42-28-34-47(35-29-42)57(44-18-7-4-8-19-44)54-23-13-17-43-16-9-10-20-49(43)54/h3-10,12-20,22-38H,11,21H2,1-2H3. The molecule has 0 saturated heterocycles. The van der Waals surface area contributed by atoms with E-state index >= 15 is 0 Å². The van der Waals surface area contributed by atoms with E-state index in [0.29, 0.717) is 0 Å². The van der Waals surface area contributed by atoms with Crippen LogP contribution in [0.1, 0.15) is 37.8 Å². The highest BCUT2D eigenvalue weighted by atomic mass is 15.1. The molecule has 0 fully saturated rings. The summed E-state index contributed by atoms with van der Waals surface area (Å²) in [6.45, 7) is 4.77. The SMILES string of the molecule is CC1(C)C2=C(CCC=C2)c2ccc(N(c3ccc(-c4ccccc4)cc3)c3ccc(-c4ccc(N(c5ccccc5)c5cccc6ccccc56)cc4)cc3)cc21. The highest BCUT2D eigenvalue weighted by molar-refractivity contribution is 5.99. The predicted molar refractivity (Wildman–Crippen MR) is 243 cm³/mol. The van der Waals surface area contributed by atoms with Crippen LogP contribution < -0.4 is 9.80 Å². The average molecular weight is 733 g/mol. The second kappa shape index (κ2) is 14.3. The Kier molecular flexibility index (Phi) is 8.68. The fourth-order valence-electron chi connectivity index (χ4n) is 9.02. The second-order valence-corrected chi connectivity index (χ2v) is 15.7. The molecule has 0 unspecified atom stereocenters. The van der Waals surface area contributed by atoms with E-state index in [4.69, 9.17) is 0 Å². The average Bonchev–Trinajstić information content (AvgIpc) is 3.50. The van der Waals surface area contributed by atoms with Crippen LogP contribution in [0.4, 0.5) is 34.1 Å². The van der Waals surface area contributed by atoms with Crippen molar-refractivity contribution >= 4 is 50.5 Å². The van der Waals surface area contributed by atoms with Gasteiger partial charge in [0.15, 0.2) is 0 Å². The normalized spacial score (nSPS) is 14.0. The number of para-hydroxylation sites is 1. The molecule has 0 saturated carbocycles. The van der Waals surface area contributed by atoms with Gasteiger partial charge in [-0.2, -0.15) is 0 Å². The van der Waals surface area contributed by atoms with Gasteiger partial charge in [0.05, 0.1) is 5.69 Å². The van der Waals surface area contributed by atoms with Crippen molar-refractivity contribution in [2.24, 2.45) is 0 Å². The van der Waals surface area contributed by atoms with Crippen molar-refractivity contribution in [2.45, 2.75) is 32.1 Å². The van der Waals surface area contributed by atoms with E-state index in [1.165, 1.54) is 61.0 Å². The maximum absolute atomic E-state index is 2.44. The molecule has 0 aromatic heterocycles. The van der Waals surface area contributed by atoms with Gasteiger partial charge >= 0.3 is 0 Å². The minimum Gasteiger partial charge on any atom is -0.310 e. The van der Waals surface area contributed by atoms with Crippen molar-refractivity contribution in [1.29, 1.82) is 0 Å². The Labute approximate surface area is 336 Å². The van der Waals surface area contributed by atoms with Gasteiger partial charge in [-0.25, -0.2) is 0 Å². The van der Waals surface area contributed by atoms with Crippen LogP contribution in [0, 0.1) is 0 Å². The Morgan fingerprint density at radius 2 is 0.947 bits per heavy atom. The number of allylic oxidation sites excluding steroid dienone is 4. The maximum Gasteiger partial charge on any atom is 0.0540 e. The Morgan fingerprint density at radius 3 is 1.60 bits per heavy atom. The molecule has 57 heavy (non-hydrogen) atoms. The molecule has 2 aliphatic carbocycles. The Bertz CT molecular complexity index is 2770. The van der Waals surface area contributed by atoms with E-state index in [1.807, 2.05) is 0 Å². The molecule has 2 nitrogen and oxygen atoms in total. The molecule has 0 amide bonds. The summed E-state index contributed by atoms with van der Waals surface area (Å²) in [5.41, 5.74) is 17.4. The zero-order valence-electron chi connectivity index (χ0n) is 32.4. The second-order valence-electron chi connectivity index (χ2n) is 15.7. The quantitative estimate of drug-likeness (QED) is 0.153. The topological polar surface area (TPSA) is 6.48 Å². The zero-order chi connectivity index (χ0) is 38.3. The molecule has 8 aromatic carbocycles. The molecule has 0 bridgehead atoms. The van der Waals surface area contributed by atoms with Crippen molar-refractivity contribution < 1.29 is 0 Å². The molecule has 0 N–H and O–H groups in total. The summed E-state index contributed by atoms with van der Waals surface area (Å²) in [5.74, 6) is 0. The summed E-state index contributed by atoms with van der Waals surface area (Å²) < 4.78 is 0. The monoisotopic (exact) mass is 732 g/mol. The molecule has 0 spiro atoms. The lowest BCUT2D eigenvalue weighted by Crippen LogP contribution is -2.18. The summed E-state index contributed by atoms with van der Waals surface area (Å²) in [4.78, 5) is 4.77. The highest BCUT2D eigenvalue weighted by Crippen LogP contribution is 2.52. The van der Waals surface area contributed by atoms with Gasteiger partial charge in [0.1, 0.15) is 0 Å². The van der Waals surface area contributed by atoms with E-state index in [-0.39, 0.29) is 5.41 Å². The van der Waals surface area contributed by atoms with Crippen molar-refractivity contribution in [3.05, 3.63) is 223 Å². The minimum absolute atomic E-state index is 0.0415. The first-order chi connectivity index (χ1) is 28.0. The first-order valence-electron chi connectivity index (χ1n) is 20.1. The molecular weight excluding hydrogens is 689 g/mol. The largest absolute Gasteiger partial charge is 0.310 e. The number of fused-ring (bicyclic) bond motifs is 3. The number of rotatable bonds is 8. The van der Waals surface area contributed by atoms with Crippen LogP contribution >= 0.6 is 0 Å². The molecule has 0 atom stereocenters. The van der Waals surface area contributed by atoms with Gasteiger partial charge in [-0.15, -0.1) is 0 Å². The molecular formula is C55H44N2. The molecule has 274 valence electrons. The lowest BCUT2D eigenvalue weighted by Gasteiger charge is -2.29. The van der Waals surface area contributed by atoms with Gasteiger partial charge in [0.2, 0.25) is 0 Å². The van der Waals surface area contributed by atoms with Gasteiger partial charge in [0.25, 0.3) is 0 Å². The number of hydrogen-bond donors (Lipinski definition) is 0. The molecule has 10 rings (SSSR count). The molecule has 2 heteroatoms. The third-order valence-electron chi connectivity index (χ3n) is 11.9. The third kappa shape index (κ3) is 6.24. The van der Waals surface area contributed by atoms with E-state index in [2.05, 4.69) is 230 Å². The van der Waals surface area contributed by atoms with Gasteiger partial charge in [-0.1, -0.05) is 153 Å². The zero-order valence-corrected chi connectivity index (χ0v) is 32.4. The summed E-state index contributed by atoms with van der Waals surface area (Å²) in [5, 5.41) is 2.45. The first kappa shape index (κ1) is 34.6.